The average Bonchev–Trinajstić information content (AvgIpc) is 2.17. The Morgan fingerprint density at radius 3 is 2.31 bits per heavy atom. The highest BCUT2D eigenvalue weighted by atomic mass is 19.4. The number of halogens is 3. The van der Waals surface area contributed by atoms with Crippen molar-refractivity contribution < 1.29 is 13.2 Å². The summed E-state index contributed by atoms with van der Waals surface area (Å²) in [7, 11) is 0. The lowest BCUT2D eigenvalue weighted by Crippen LogP contribution is -2.30. The summed E-state index contributed by atoms with van der Waals surface area (Å²) in [6.07, 6.45) is -4.16. The molecule has 0 amide bonds. The van der Waals surface area contributed by atoms with E-state index >= 15 is 0 Å². The third kappa shape index (κ3) is 3.85. The van der Waals surface area contributed by atoms with Gasteiger partial charge < -0.3 is 5.32 Å². The molecule has 0 heterocycles. The highest BCUT2D eigenvalue weighted by Crippen LogP contribution is 2.19. The predicted molar refractivity (Wildman–Crippen MR) is 58.4 cm³/mol. The van der Waals surface area contributed by atoms with Gasteiger partial charge in [-0.2, -0.15) is 13.2 Å². The first-order valence-electron chi connectivity index (χ1n) is 5.17. The van der Waals surface area contributed by atoms with Gasteiger partial charge in [-0.3, -0.25) is 0 Å². The summed E-state index contributed by atoms with van der Waals surface area (Å²) in [6, 6.07) is 5.41. The van der Waals surface area contributed by atoms with Crippen LogP contribution >= 0.6 is 0 Å². The lowest BCUT2D eigenvalue weighted by molar-refractivity contribution is -0.126. The molecule has 0 radical (unpaired) electrons. The number of aryl methyl sites for hydroxylation is 2. The summed E-state index contributed by atoms with van der Waals surface area (Å²) >= 11 is 0. The van der Waals surface area contributed by atoms with Crippen LogP contribution in [-0.4, -0.2) is 12.7 Å². The van der Waals surface area contributed by atoms with Gasteiger partial charge in [0.25, 0.3) is 0 Å². The number of rotatable bonds is 3. The molecule has 1 aromatic carbocycles. The van der Waals surface area contributed by atoms with E-state index in [4.69, 9.17) is 0 Å². The summed E-state index contributed by atoms with van der Waals surface area (Å²) in [5.74, 6) is 0. The monoisotopic (exact) mass is 231 g/mol. The van der Waals surface area contributed by atoms with Crippen LogP contribution in [0.3, 0.4) is 0 Å². The first kappa shape index (κ1) is 13.0. The van der Waals surface area contributed by atoms with Crippen molar-refractivity contribution >= 4 is 0 Å². The Kier molecular flexibility index (Phi) is 3.97. The molecule has 1 nitrogen and oxygen atoms in total. The average molecular weight is 231 g/mol. The van der Waals surface area contributed by atoms with Gasteiger partial charge in [-0.25, -0.2) is 0 Å². The van der Waals surface area contributed by atoms with Crippen LogP contribution in [0.15, 0.2) is 18.2 Å². The second-order valence-corrected chi connectivity index (χ2v) is 4.06. The fourth-order valence-corrected chi connectivity index (χ4v) is 1.42. The molecule has 0 aliphatic carbocycles. The molecule has 4 heteroatoms. The van der Waals surface area contributed by atoms with E-state index in [0.29, 0.717) is 0 Å². The molecule has 0 aromatic heterocycles. The first-order chi connectivity index (χ1) is 7.29. The topological polar surface area (TPSA) is 12.0 Å². The van der Waals surface area contributed by atoms with Crippen molar-refractivity contribution in [3.05, 3.63) is 34.9 Å². The van der Waals surface area contributed by atoms with Crippen LogP contribution in [0.1, 0.15) is 29.7 Å². The zero-order valence-electron chi connectivity index (χ0n) is 9.65. The second-order valence-electron chi connectivity index (χ2n) is 4.06. The summed E-state index contributed by atoms with van der Waals surface area (Å²) in [5, 5.41) is 2.46. The van der Waals surface area contributed by atoms with Crippen LogP contribution in [0, 0.1) is 13.8 Å². The Morgan fingerprint density at radius 1 is 1.19 bits per heavy atom. The predicted octanol–water partition coefficient (Wildman–Crippen LogP) is 3.52. The minimum absolute atomic E-state index is 0.291. The lowest BCUT2D eigenvalue weighted by Gasteiger charge is -2.16. The molecule has 0 fully saturated rings. The van der Waals surface area contributed by atoms with Crippen LogP contribution in [0.2, 0.25) is 0 Å². The Labute approximate surface area is 93.7 Å². The van der Waals surface area contributed by atoms with Gasteiger partial charge >= 0.3 is 6.18 Å². The van der Waals surface area contributed by atoms with E-state index in [2.05, 4.69) is 5.32 Å². The molecule has 0 saturated heterocycles. The van der Waals surface area contributed by atoms with Gasteiger partial charge in [0.15, 0.2) is 0 Å². The molecule has 16 heavy (non-hydrogen) atoms. The zero-order chi connectivity index (χ0) is 12.3. The van der Waals surface area contributed by atoms with Crippen molar-refractivity contribution in [1.29, 1.82) is 0 Å². The van der Waals surface area contributed by atoms with Crippen molar-refractivity contribution in [2.45, 2.75) is 33.0 Å². The molecule has 1 unspecified atom stereocenters. The Bertz CT molecular complexity index is 358. The number of hydrogen-bond acceptors (Lipinski definition) is 1. The number of nitrogens with one attached hydrogen (secondary N) is 1. The normalized spacial score (nSPS) is 13.9. The fourth-order valence-electron chi connectivity index (χ4n) is 1.42. The summed E-state index contributed by atoms with van der Waals surface area (Å²) in [6.45, 7) is 4.71. The van der Waals surface area contributed by atoms with E-state index in [1.165, 1.54) is 0 Å². The van der Waals surface area contributed by atoms with Crippen molar-refractivity contribution in [2.24, 2.45) is 0 Å². The van der Waals surface area contributed by atoms with Gasteiger partial charge in [-0.05, 0) is 37.5 Å². The van der Waals surface area contributed by atoms with E-state index in [1.807, 2.05) is 32.0 Å². The molecule has 0 aliphatic heterocycles. The smallest absolute Gasteiger partial charge is 0.302 e. The molecule has 1 aromatic rings. The summed E-state index contributed by atoms with van der Waals surface area (Å²) < 4.78 is 36.0. The third-order valence-corrected chi connectivity index (χ3v) is 2.64. The number of benzene rings is 1. The Morgan fingerprint density at radius 2 is 1.81 bits per heavy atom. The van der Waals surface area contributed by atoms with Crippen LogP contribution in [0.5, 0.6) is 0 Å². The maximum Gasteiger partial charge on any atom is 0.401 e. The van der Waals surface area contributed by atoms with Gasteiger partial charge in [0, 0.05) is 6.04 Å². The molecule has 0 saturated carbocycles. The van der Waals surface area contributed by atoms with Crippen molar-refractivity contribution in [2.75, 3.05) is 6.54 Å². The maximum atomic E-state index is 12.0. The van der Waals surface area contributed by atoms with E-state index in [0.717, 1.165) is 16.7 Å². The molecular weight excluding hydrogens is 215 g/mol. The molecule has 0 aliphatic rings. The number of alkyl halides is 3. The van der Waals surface area contributed by atoms with Gasteiger partial charge in [0.1, 0.15) is 0 Å². The van der Waals surface area contributed by atoms with E-state index in [-0.39, 0.29) is 6.04 Å². The standard InChI is InChI=1S/C12H16F3N/c1-8-4-5-11(6-9(8)2)10(3)16-7-12(13,14)15/h4-6,10,16H,7H2,1-3H3. The zero-order valence-corrected chi connectivity index (χ0v) is 9.65. The fraction of sp³-hybridized carbons (Fsp3) is 0.500. The third-order valence-electron chi connectivity index (χ3n) is 2.64. The summed E-state index contributed by atoms with van der Waals surface area (Å²) in [5.41, 5.74) is 3.12. The lowest BCUT2D eigenvalue weighted by atomic mass is 10.0. The largest absolute Gasteiger partial charge is 0.401 e. The first-order valence-corrected chi connectivity index (χ1v) is 5.17. The van der Waals surface area contributed by atoms with Gasteiger partial charge in [0.05, 0.1) is 6.54 Å². The van der Waals surface area contributed by atoms with E-state index < -0.39 is 12.7 Å². The van der Waals surface area contributed by atoms with Gasteiger partial charge in [0.2, 0.25) is 0 Å². The van der Waals surface area contributed by atoms with Crippen LogP contribution in [0.25, 0.3) is 0 Å². The minimum Gasteiger partial charge on any atom is -0.302 e. The Hall–Kier alpha value is -1.03. The highest BCUT2D eigenvalue weighted by molar-refractivity contribution is 5.31. The number of hydrogen-bond donors (Lipinski definition) is 1. The molecule has 1 rings (SSSR count). The molecule has 0 spiro atoms. The van der Waals surface area contributed by atoms with Crippen LogP contribution in [-0.2, 0) is 0 Å². The van der Waals surface area contributed by atoms with Crippen molar-refractivity contribution in [3.63, 3.8) is 0 Å². The van der Waals surface area contributed by atoms with Crippen molar-refractivity contribution in [1.82, 2.24) is 5.32 Å². The van der Waals surface area contributed by atoms with E-state index in [1.54, 1.807) is 6.92 Å². The highest BCUT2D eigenvalue weighted by Gasteiger charge is 2.27. The van der Waals surface area contributed by atoms with E-state index in [9.17, 15) is 13.2 Å². The molecular formula is C12H16F3N. The molecule has 1 atom stereocenters. The second kappa shape index (κ2) is 4.87. The summed E-state index contributed by atoms with van der Waals surface area (Å²) in [4.78, 5) is 0. The Balaban J connectivity index is 2.66. The van der Waals surface area contributed by atoms with Gasteiger partial charge in [-0.1, -0.05) is 18.2 Å². The quantitative estimate of drug-likeness (QED) is 0.839. The van der Waals surface area contributed by atoms with Crippen LogP contribution in [0.4, 0.5) is 13.2 Å². The molecule has 90 valence electrons. The van der Waals surface area contributed by atoms with Crippen LogP contribution < -0.4 is 5.32 Å². The minimum atomic E-state index is -4.16. The van der Waals surface area contributed by atoms with Gasteiger partial charge in [-0.15, -0.1) is 0 Å². The molecule has 1 N–H and O–H groups in total. The SMILES string of the molecule is Cc1ccc(C(C)NCC(F)(F)F)cc1C. The maximum absolute atomic E-state index is 12.0. The van der Waals surface area contributed by atoms with Crippen molar-refractivity contribution in [3.8, 4) is 0 Å². The molecule has 0 bridgehead atoms.